The maximum Gasteiger partial charge on any atom is 0.315 e. The summed E-state index contributed by atoms with van der Waals surface area (Å²) in [5.74, 6) is -0.105. The standard InChI is InChI=1S/C12H16BrN3O2/c1-9(17)14-5-6-15-12(18)16-8-10-3-2-4-11(13)7-10/h2-4,7H,5-6,8H2,1H3,(H,14,17)(H2,15,16,18). The zero-order valence-electron chi connectivity index (χ0n) is 10.1. The molecule has 3 amide bonds. The van der Waals surface area contributed by atoms with Crippen LogP contribution in [0.1, 0.15) is 12.5 Å². The van der Waals surface area contributed by atoms with E-state index in [1.165, 1.54) is 6.92 Å². The molecule has 0 fully saturated rings. The summed E-state index contributed by atoms with van der Waals surface area (Å²) < 4.78 is 0.980. The Morgan fingerprint density at radius 2 is 1.89 bits per heavy atom. The number of rotatable bonds is 5. The van der Waals surface area contributed by atoms with Crippen LogP contribution in [0, 0.1) is 0 Å². The molecule has 1 rings (SSSR count). The van der Waals surface area contributed by atoms with Crippen molar-refractivity contribution < 1.29 is 9.59 Å². The number of amides is 3. The molecule has 98 valence electrons. The van der Waals surface area contributed by atoms with Gasteiger partial charge in [-0.05, 0) is 17.7 Å². The number of urea groups is 1. The molecule has 0 aliphatic heterocycles. The fraction of sp³-hybridized carbons (Fsp3) is 0.333. The van der Waals surface area contributed by atoms with Gasteiger partial charge >= 0.3 is 6.03 Å². The van der Waals surface area contributed by atoms with E-state index in [1.54, 1.807) is 0 Å². The lowest BCUT2D eigenvalue weighted by atomic mass is 10.2. The van der Waals surface area contributed by atoms with Crippen molar-refractivity contribution in [3.63, 3.8) is 0 Å². The molecule has 3 N–H and O–H groups in total. The fourth-order valence-corrected chi connectivity index (χ4v) is 1.75. The molecule has 18 heavy (non-hydrogen) atoms. The Hall–Kier alpha value is -1.56. The van der Waals surface area contributed by atoms with Crippen molar-refractivity contribution in [2.45, 2.75) is 13.5 Å². The van der Waals surface area contributed by atoms with Crippen LogP contribution in [0.2, 0.25) is 0 Å². The van der Waals surface area contributed by atoms with Crippen LogP contribution in [-0.2, 0) is 11.3 Å². The summed E-state index contributed by atoms with van der Waals surface area (Å²) in [6.07, 6.45) is 0. The van der Waals surface area contributed by atoms with Crippen molar-refractivity contribution in [3.05, 3.63) is 34.3 Å². The second kappa shape index (κ2) is 7.71. The van der Waals surface area contributed by atoms with Gasteiger partial charge in [0.1, 0.15) is 0 Å². The van der Waals surface area contributed by atoms with E-state index in [9.17, 15) is 9.59 Å². The number of carbonyl (C=O) groups is 2. The van der Waals surface area contributed by atoms with Crippen LogP contribution in [0.15, 0.2) is 28.7 Å². The SMILES string of the molecule is CC(=O)NCCNC(=O)NCc1cccc(Br)c1. The van der Waals surface area contributed by atoms with Gasteiger partial charge in [0.2, 0.25) is 5.91 Å². The van der Waals surface area contributed by atoms with Gasteiger partial charge in [-0.25, -0.2) is 4.79 Å². The molecule has 0 saturated heterocycles. The average molecular weight is 314 g/mol. The van der Waals surface area contributed by atoms with Crippen LogP contribution < -0.4 is 16.0 Å². The van der Waals surface area contributed by atoms with Gasteiger partial charge in [0.15, 0.2) is 0 Å². The molecule has 0 saturated carbocycles. The normalized spacial score (nSPS) is 9.67. The third-order valence-corrected chi connectivity index (χ3v) is 2.62. The maximum absolute atomic E-state index is 11.4. The van der Waals surface area contributed by atoms with E-state index in [2.05, 4.69) is 31.9 Å². The van der Waals surface area contributed by atoms with E-state index in [0.29, 0.717) is 19.6 Å². The summed E-state index contributed by atoms with van der Waals surface area (Å²) in [6, 6.07) is 7.47. The molecule has 0 bridgehead atoms. The predicted octanol–water partition coefficient (Wildman–Crippen LogP) is 1.38. The number of nitrogens with one attached hydrogen (secondary N) is 3. The molecule has 0 atom stereocenters. The van der Waals surface area contributed by atoms with Gasteiger partial charge in [-0.3, -0.25) is 4.79 Å². The van der Waals surface area contributed by atoms with E-state index >= 15 is 0 Å². The van der Waals surface area contributed by atoms with Crippen LogP contribution in [0.3, 0.4) is 0 Å². The van der Waals surface area contributed by atoms with Gasteiger partial charge in [-0.2, -0.15) is 0 Å². The van der Waals surface area contributed by atoms with Crippen molar-refractivity contribution >= 4 is 27.9 Å². The molecule has 0 heterocycles. The lowest BCUT2D eigenvalue weighted by Gasteiger charge is -2.08. The van der Waals surface area contributed by atoms with Gasteiger partial charge < -0.3 is 16.0 Å². The average Bonchev–Trinajstić information content (AvgIpc) is 2.32. The lowest BCUT2D eigenvalue weighted by molar-refractivity contribution is -0.118. The molecule has 0 radical (unpaired) electrons. The first-order chi connectivity index (χ1) is 8.58. The summed E-state index contributed by atoms with van der Waals surface area (Å²) in [5.41, 5.74) is 1.02. The summed E-state index contributed by atoms with van der Waals surface area (Å²) in [7, 11) is 0. The minimum atomic E-state index is -0.250. The van der Waals surface area contributed by atoms with Crippen LogP contribution in [-0.4, -0.2) is 25.0 Å². The Morgan fingerprint density at radius 1 is 1.17 bits per heavy atom. The topological polar surface area (TPSA) is 70.2 Å². The highest BCUT2D eigenvalue weighted by Gasteiger charge is 2.00. The van der Waals surface area contributed by atoms with E-state index in [-0.39, 0.29) is 11.9 Å². The molecule has 0 spiro atoms. The third-order valence-electron chi connectivity index (χ3n) is 2.13. The Kier molecular flexibility index (Phi) is 6.21. The number of benzene rings is 1. The highest BCUT2D eigenvalue weighted by Crippen LogP contribution is 2.11. The minimum Gasteiger partial charge on any atom is -0.355 e. The van der Waals surface area contributed by atoms with Crippen LogP contribution in [0.25, 0.3) is 0 Å². The van der Waals surface area contributed by atoms with Crippen LogP contribution >= 0.6 is 15.9 Å². The number of hydrogen-bond donors (Lipinski definition) is 3. The molecular weight excluding hydrogens is 298 g/mol. The quantitative estimate of drug-likeness (QED) is 0.719. The molecule has 0 aliphatic carbocycles. The molecule has 6 heteroatoms. The lowest BCUT2D eigenvalue weighted by Crippen LogP contribution is -2.39. The zero-order valence-corrected chi connectivity index (χ0v) is 11.7. The molecule has 5 nitrogen and oxygen atoms in total. The largest absolute Gasteiger partial charge is 0.355 e. The molecular formula is C12H16BrN3O2. The molecule has 1 aromatic rings. The third kappa shape index (κ3) is 6.24. The predicted molar refractivity (Wildman–Crippen MR) is 73.1 cm³/mol. The van der Waals surface area contributed by atoms with Gasteiger partial charge in [0, 0.05) is 31.0 Å². The fourth-order valence-electron chi connectivity index (χ4n) is 1.31. The van der Waals surface area contributed by atoms with Gasteiger partial charge in [-0.1, -0.05) is 28.1 Å². The maximum atomic E-state index is 11.4. The minimum absolute atomic E-state index is 0.105. The van der Waals surface area contributed by atoms with Gasteiger partial charge in [-0.15, -0.1) is 0 Å². The summed E-state index contributed by atoms with van der Waals surface area (Å²) >= 11 is 3.37. The Bertz CT molecular complexity index is 424. The molecule has 0 unspecified atom stereocenters. The van der Waals surface area contributed by atoms with Gasteiger partial charge in [0.05, 0.1) is 0 Å². The Labute approximate surface area is 114 Å². The first kappa shape index (κ1) is 14.5. The van der Waals surface area contributed by atoms with Crippen molar-refractivity contribution in [1.82, 2.24) is 16.0 Å². The van der Waals surface area contributed by atoms with Crippen molar-refractivity contribution in [2.24, 2.45) is 0 Å². The Morgan fingerprint density at radius 3 is 2.56 bits per heavy atom. The summed E-state index contributed by atoms with van der Waals surface area (Å²) in [4.78, 5) is 22.0. The van der Waals surface area contributed by atoms with Crippen molar-refractivity contribution in [3.8, 4) is 0 Å². The molecule has 0 aromatic heterocycles. The summed E-state index contributed by atoms with van der Waals surface area (Å²) in [6.45, 7) is 2.74. The second-order valence-electron chi connectivity index (χ2n) is 3.72. The second-order valence-corrected chi connectivity index (χ2v) is 4.64. The first-order valence-corrected chi connectivity index (χ1v) is 6.38. The number of halogens is 1. The summed E-state index contributed by atoms with van der Waals surface area (Å²) in [5, 5.41) is 7.97. The van der Waals surface area contributed by atoms with Gasteiger partial charge in [0.25, 0.3) is 0 Å². The zero-order chi connectivity index (χ0) is 13.4. The highest BCUT2D eigenvalue weighted by atomic mass is 79.9. The monoisotopic (exact) mass is 313 g/mol. The van der Waals surface area contributed by atoms with Crippen LogP contribution in [0.5, 0.6) is 0 Å². The van der Waals surface area contributed by atoms with E-state index in [4.69, 9.17) is 0 Å². The van der Waals surface area contributed by atoms with E-state index < -0.39 is 0 Å². The highest BCUT2D eigenvalue weighted by molar-refractivity contribution is 9.10. The Balaban J connectivity index is 2.19. The van der Waals surface area contributed by atoms with E-state index in [0.717, 1.165) is 10.0 Å². The molecule has 0 aliphatic rings. The first-order valence-electron chi connectivity index (χ1n) is 5.58. The molecule has 1 aromatic carbocycles. The number of hydrogen-bond acceptors (Lipinski definition) is 2. The van der Waals surface area contributed by atoms with Crippen molar-refractivity contribution in [2.75, 3.05) is 13.1 Å². The van der Waals surface area contributed by atoms with Crippen LogP contribution in [0.4, 0.5) is 4.79 Å². The van der Waals surface area contributed by atoms with Crippen molar-refractivity contribution in [1.29, 1.82) is 0 Å². The smallest absolute Gasteiger partial charge is 0.315 e. The number of carbonyl (C=O) groups excluding carboxylic acids is 2. The van der Waals surface area contributed by atoms with E-state index in [1.807, 2.05) is 24.3 Å².